The molecular weight excluding hydrogens is 382 g/mol. The SMILES string of the molecule is CCOc1cc(C(=O)NCc2ccc(OCCOC)nc2)c([N+](=O)[O-])cc1OC. The number of amides is 1. The molecule has 10 nitrogen and oxygen atoms in total. The highest BCUT2D eigenvalue weighted by molar-refractivity contribution is 5.99. The van der Waals surface area contributed by atoms with Crippen molar-refractivity contribution in [3.63, 3.8) is 0 Å². The summed E-state index contributed by atoms with van der Waals surface area (Å²) in [7, 11) is 2.95. The third-order valence-corrected chi connectivity index (χ3v) is 3.81. The van der Waals surface area contributed by atoms with Crippen LogP contribution in [0.5, 0.6) is 17.4 Å². The Balaban J connectivity index is 2.11. The molecule has 0 aliphatic heterocycles. The van der Waals surface area contributed by atoms with Gasteiger partial charge in [-0.25, -0.2) is 4.98 Å². The molecule has 10 heteroatoms. The van der Waals surface area contributed by atoms with Crippen molar-refractivity contribution in [2.24, 2.45) is 0 Å². The number of carbonyl (C=O) groups is 1. The number of ether oxygens (including phenoxy) is 4. The van der Waals surface area contributed by atoms with Gasteiger partial charge in [0.1, 0.15) is 12.2 Å². The smallest absolute Gasteiger partial charge is 0.286 e. The molecule has 0 aliphatic rings. The molecule has 0 saturated carbocycles. The Kier molecular flexibility index (Phi) is 8.16. The van der Waals surface area contributed by atoms with Gasteiger partial charge in [0.15, 0.2) is 11.5 Å². The van der Waals surface area contributed by atoms with Crippen molar-refractivity contribution in [1.29, 1.82) is 0 Å². The van der Waals surface area contributed by atoms with Gasteiger partial charge < -0.3 is 24.3 Å². The van der Waals surface area contributed by atoms with E-state index >= 15 is 0 Å². The number of hydrogen-bond acceptors (Lipinski definition) is 8. The summed E-state index contributed by atoms with van der Waals surface area (Å²) in [5.41, 5.74) is 0.216. The van der Waals surface area contributed by atoms with Crippen molar-refractivity contribution < 1.29 is 28.7 Å². The van der Waals surface area contributed by atoms with E-state index in [1.807, 2.05) is 0 Å². The largest absolute Gasteiger partial charge is 0.493 e. The normalized spacial score (nSPS) is 10.3. The topological polar surface area (TPSA) is 122 Å². The van der Waals surface area contributed by atoms with Gasteiger partial charge in [0, 0.05) is 32.0 Å². The zero-order valence-corrected chi connectivity index (χ0v) is 16.5. The van der Waals surface area contributed by atoms with Gasteiger partial charge in [-0.1, -0.05) is 6.07 Å². The fourth-order valence-electron chi connectivity index (χ4n) is 2.42. The van der Waals surface area contributed by atoms with Gasteiger partial charge in [-0.05, 0) is 12.5 Å². The number of rotatable bonds is 11. The summed E-state index contributed by atoms with van der Waals surface area (Å²) in [5.74, 6) is 0.262. The lowest BCUT2D eigenvalue weighted by Gasteiger charge is -2.12. The van der Waals surface area contributed by atoms with E-state index in [2.05, 4.69) is 10.3 Å². The number of nitro groups is 1. The molecule has 1 aromatic heterocycles. The summed E-state index contributed by atoms with van der Waals surface area (Å²) < 4.78 is 20.8. The Labute approximate surface area is 167 Å². The third kappa shape index (κ3) is 6.04. The summed E-state index contributed by atoms with van der Waals surface area (Å²) in [5, 5.41) is 14.0. The standard InChI is InChI=1S/C19H23N3O7/c1-4-28-17-9-14(15(22(24)25)10-16(17)27-3)19(23)21-12-13-5-6-18(20-11-13)29-8-7-26-2/h5-6,9-11H,4,7-8,12H2,1-3H3,(H,21,23). The second-order valence-electron chi connectivity index (χ2n) is 5.74. The van der Waals surface area contributed by atoms with E-state index in [9.17, 15) is 14.9 Å². The summed E-state index contributed by atoms with van der Waals surface area (Å²) in [6.07, 6.45) is 1.55. The molecule has 1 amide bonds. The molecule has 0 saturated heterocycles. The second kappa shape index (κ2) is 10.8. The summed E-state index contributed by atoms with van der Waals surface area (Å²) >= 11 is 0. The number of nitro benzene ring substituents is 1. The fraction of sp³-hybridized carbons (Fsp3) is 0.368. The number of nitrogens with zero attached hydrogens (tertiary/aromatic N) is 2. The Morgan fingerprint density at radius 3 is 2.55 bits per heavy atom. The van der Waals surface area contributed by atoms with Gasteiger partial charge in [-0.3, -0.25) is 14.9 Å². The van der Waals surface area contributed by atoms with Crippen LogP contribution in [0.2, 0.25) is 0 Å². The van der Waals surface area contributed by atoms with Crippen LogP contribution in [0.15, 0.2) is 30.5 Å². The van der Waals surface area contributed by atoms with Crippen molar-refractivity contribution in [2.75, 3.05) is 34.0 Å². The van der Waals surface area contributed by atoms with Crippen molar-refractivity contribution in [3.8, 4) is 17.4 Å². The molecule has 1 heterocycles. The molecule has 2 rings (SSSR count). The number of carbonyl (C=O) groups excluding carboxylic acids is 1. The average molecular weight is 405 g/mol. The second-order valence-corrected chi connectivity index (χ2v) is 5.74. The Morgan fingerprint density at radius 2 is 1.97 bits per heavy atom. The Hall–Kier alpha value is -3.40. The molecule has 0 fully saturated rings. The highest BCUT2D eigenvalue weighted by Crippen LogP contribution is 2.34. The molecule has 156 valence electrons. The number of methoxy groups -OCH3 is 2. The minimum Gasteiger partial charge on any atom is -0.493 e. The molecule has 0 radical (unpaired) electrons. The number of benzene rings is 1. The molecule has 0 unspecified atom stereocenters. The van der Waals surface area contributed by atoms with E-state index < -0.39 is 10.8 Å². The predicted molar refractivity (Wildman–Crippen MR) is 104 cm³/mol. The molecule has 2 aromatic rings. The van der Waals surface area contributed by atoms with Crippen molar-refractivity contribution in [3.05, 3.63) is 51.7 Å². The van der Waals surface area contributed by atoms with Gasteiger partial charge in [0.25, 0.3) is 11.6 Å². The molecule has 29 heavy (non-hydrogen) atoms. The van der Waals surface area contributed by atoms with E-state index in [1.165, 1.54) is 19.2 Å². The van der Waals surface area contributed by atoms with Crippen LogP contribution >= 0.6 is 0 Å². The van der Waals surface area contributed by atoms with Crippen LogP contribution < -0.4 is 19.5 Å². The van der Waals surface area contributed by atoms with E-state index in [0.717, 1.165) is 0 Å². The monoisotopic (exact) mass is 405 g/mol. The highest BCUT2D eigenvalue weighted by Gasteiger charge is 2.24. The number of pyridine rings is 1. The summed E-state index contributed by atoms with van der Waals surface area (Å²) in [6, 6.07) is 5.89. The van der Waals surface area contributed by atoms with E-state index in [0.29, 0.717) is 31.3 Å². The maximum atomic E-state index is 12.6. The highest BCUT2D eigenvalue weighted by atomic mass is 16.6. The lowest BCUT2D eigenvalue weighted by molar-refractivity contribution is -0.385. The average Bonchev–Trinajstić information content (AvgIpc) is 2.73. The maximum Gasteiger partial charge on any atom is 0.286 e. The number of hydrogen-bond donors (Lipinski definition) is 1. The number of aromatic nitrogens is 1. The van der Waals surface area contributed by atoms with Crippen LogP contribution in [0.4, 0.5) is 5.69 Å². The zero-order valence-electron chi connectivity index (χ0n) is 16.5. The summed E-state index contributed by atoms with van der Waals surface area (Å²) in [4.78, 5) is 27.4. The first-order valence-electron chi connectivity index (χ1n) is 8.84. The van der Waals surface area contributed by atoms with E-state index in [1.54, 1.807) is 32.4 Å². The first-order chi connectivity index (χ1) is 14.0. The van der Waals surface area contributed by atoms with Crippen LogP contribution in [0.25, 0.3) is 0 Å². The van der Waals surface area contributed by atoms with E-state index in [4.69, 9.17) is 18.9 Å². The predicted octanol–water partition coefficient (Wildman–Crippen LogP) is 2.35. The van der Waals surface area contributed by atoms with Crippen molar-refractivity contribution in [1.82, 2.24) is 10.3 Å². The van der Waals surface area contributed by atoms with Crippen LogP contribution in [0, 0.1) is 10.1 Å². The first-order valence-corrected chi connectivity index (χ1v) is 8.84. The van der Waals surface area contributed by atoms with Crippen molar-refractivity contribution >= 4 is 11.6 Å². The van der Waals surface area contributed by atoms with Gasteiger partial charge in [-0.15, -0.1) is 0 Å². The van der Waals surface area contributed by atoms with Crippen LogP contribution in [0.3, 0.4) is 0 Å². The first kappa shape index (κ1) is 21.9. The van der Waals surface area contributed by atoms with Gasteiger partial charge >= 0.3 is 0 Å². The Bertz CT molecular complexity index is 840. The van der Waals surface area contributed by atoms with Gasteiger partial charge in [-0.2, -0.15) is 0 Å². The lowest BCUT2D eigenvalue weighted by atomic mass is 10.1. The molecule has 0 aliphatic carbocycles. The van der Waals surface area contributed by atoms with Crippen LogP contribution in [-0.4, -0.2) is 49.9 Å². The zero-order chi connectivity index (χ0) is 21.2. The lowest BCUT2D eigenvalue weighted by Crippen LogP contribution is -2.24. The minimum atomic E-state index is -0.638. The van der Waals surface area contributed by atoms with Gasteiger partial charge in [0.05, 0.1) is 31.3 Å². The minimum absolute atomic E-state index is 0.119. The Morgan fingerprint density at radius 1 is 1.17 bits per heavy atom. The number of nitrogens with one attached hydrogen (secondary N) is 1. The summed E-state index contributed by atoms with van der Waals surface area (Å²) in [6.45, 7) is 3.04. The third-order valence-electron chi connectivity index (χ3n) is 3.81. The molecule has 0 spiro atoms. The van der Waals surface area contributed by atoms with Crippen molar-refractivity contribution in [2.45, 2.75) is 13.5 Å². The molecule has 0 bridgehead atoms. The quantitative estimate of drug-likeness (QED) is 0.343. The molecule has 0 atom stereocenters. The molecule has 1 aromatic carbocycles. The van der Waals surface area contributed by atoms with Crippen LogP contribution in [-0.2, 0) is 11.3 Å². The molecular formula is C19H23N3O7. The molecule has 1 N–H and O–H groups in total. The van der Waals surface area contributed by atoms with Gasteiger partial charge in [0.2, 0.25) is 5.88 Å². The van der Waals surface area contributed by atoms with E-state index in [-0.39, 0.29) is 29.3 Å². The fourth-order valence-corrected chi connectivity index (χ4v) is 2.42. The maximum absolute atomic E-state index is 12.6. The van der Waals surface area contributed by atoms with Crippen LogP contribution in [0.1, 0.15) is 22.8 Å².